The van der Waals surface area contributed by atoms with E-state index in [1.165, 1.54) is 5.56 Å². The third kappa shape index (κ3) is 3.48. The number of rotatable bonds is 4. The van der Waals surface area contributed by atoms with E-state index in [-0.39, 0.29) is 11.7 Å². The first-order valence-corrected chi connectivity index (χ1v) is 7.22. The molecule has 0 saturated heterocycles. The summed E-state index contributed by atoms with van der Waals surface area (Å²) in [6, 6.07) is 6.17. The molecule has 21 heavy (non-hydrogen) atoms. The molecule has 112 valence electrons. The van der Waals surface area contributed by atoms with Crippen molar-refractivity contribution >= 4 is 11.6 Å². The predicted molar refractivity (Wildman–Crippen MR) is 83.7 cm³/mol. The number of hydrogen-bond acceptors (Lipinski definition) is 3. The number of H-pyrrole nitrogens is 1. The highest BCUT2D eigenvalue weighted by Crippen LogP contribution is 2.28. The van der Waals surface area contributed by atoms with Crippen molar-refractivity contribution in [3.63, 3.8) is 0 Å². The Morgan fingerprint density at radius 3 is 2.43 bits per heavy atom. The fourth-order valence-electron chi connectivity index (χ4n) is 2.15. The van der Waals surface area contributed by atoms with Gasteiger partial charge in [-0.05, 0) is 36.0 Å². The van der Waals surface area contributed by atoms with Gasteiger partial charge in [-0.1, -0.05) is 39.8 Å². The number of anilines is 1. The second kappa shape index (κ2) is 6.08. The number of hydrogen-bond donors (Lipinski definition) is 2. The Labute approximate surface area is 125 Å². The summed E-state index contributed by atoms with van der Waals surface area (Å²) in [5, 5.41) is 9.46. The van der Waals surface area contributed by atoms with E-state index in [0.29, 0.717) is 17.7 Å². The average molecular weight is 286 g/mol. The van der Waals surface area contributed by atoms with Crippen molar-refractivity contribution in [2.24, 2.45) is 0 Å². The zero-order valence-corrected chi connectivity index (χ0v) is 13.2. The van der Waals surface area contributed by atoms with Gasteiger partial charge in [0.2, 0.25) is 5.82 Å². The van der Waals surface area contributed by atoms with Gasteiger partial charge in [-0.25, -0.2) is 4.98 Å². The third-order valence-electron chi connectivity index (χ3n) is 3.41. The van der Waals surface area contributed by atoms with Crippen LogP contribution >= 0.6 is 0 Å². The van der Waals surface area contributed by atoms with Crippen LogP contribution in [0.5, 0.6) is 0 Å². The SMILES string of the molecule is Cc1nc(C(=O)Nc2ccc(C(C)C)cc2C(C)C)n[nH]1. The smallest absolute Gasteiger partial charge is 0.295 e. The van der Waals surface area contributed by atoms with Gasteiger partial charge in [-0.3, -0.25) is 9.89 Å². The molecule has 5 heteroatoms. The van der Waals surface area contributed by atoms with Crippen LogP contribution in [0.4, 0.5) is 5.69 Å². The highest BCUT2D eigenvalue weighted by atomic mass is 16.2. The van der Waals surface area contributed by atoms with Crippen LogP contribution < -0.4 is 5.32 Å². The van der Waals surface area contributed by atoms with Gasteiger partial charge in [-0.2, -0.15) is 0 Å². The molecule has 1 aromatic heterocycles. The van der Waals surface area contributed by atoms with Gasteiger partial charge in [0, 0.05) is 5.69 Å². The molecule has 1 heterocycles. The summed E-state index contributed by atoms with van der Waals surface area (Å²) in [5.74, 6) is 1.28. The van der Waals surface area contributed by atoms with Crippen LogP contribution in [0.3, 0.4) is 0 Å². The number of carbonyl (C=O) groups is 1. The van der Waals surface area contributed by atoms with E-state index in [9.17, 15) is 4.79 Å². The number of nitrogens with one attached hydrogen (secondary N) is 2. The summed E-state index contributed by atoms with van der Waals surface area (Å²) in [6.45, 7) is 10.3. The molecule has 0 fully saturated rings. The lowest BCUT2D eigenvalue weighted by molar-refractivity contribution is 0.101. The van der Waals surface area contributed by atoms with Gasteiger partial charge in [-0.15, -0.1) is 5.10 Å². The topological polar surface area (TPSA) is 70.7 Å². The zero-order chi connectivity index (χ0) is 15.6. The van der Waals surface area contributed by atoms with Crippen LogP contribution in [-0.2, 0) is 0 Å². The third-order valence-corrected chi connectivity index (χ3v) is 3.41. The molecule has 0 aliphatic rings. The number of amides is 1. The molecular formula is C16H22N4O. The van der Waals surface area contributed by atoms with E-state index < -0.39 is 0 Å². The van der Waals surface area contributed by atoms with Gasteiger partial charge >= 0.3 is 0 Å². The molecule has 5 nitrogen and oxygen atoms in total. The fraction of sp³-hybridized carbons (Fsp3) is 0.438. The number of aromatic nitrogens is 3. The first kappa shape index (κ1) is 15.2. The van der Waals surface area contributed by atoms with Gasteiger partial charge in [0.25, 0.3) is 5.91 Å². The normalized spacial score (nSPS) is 11.2. The maximum Gasteiger partial charge on any atom is 0.295 e. The number of aryl methyl sites for hydroxylation is 1. The molecule has 0 radical (unpaired) electrons. The second-order valence-corrected chi connectivity index (χ2v) is 5.85. The molecule has 2 rings (SSSR count). The summed E-state index contributed by atoms with van der Waals surface area (Å²) >= 11 is 0. The maximum atomic E-state index is 12.2. The summed E-state index contributed by atoms with van der Waals surface area (Å²) in [6.07, 6.45) is 0. The largest absolute Gasteiger partial charge is 0.319 e. The molecule has 1 aromatic carbocycles. The quantitative estimate of drug-likeness (QED) is 0.902. The van der Waals surface area contributed by atoms with Crippen LogP contribution in [0.25, 0.3) is 0 Å². The lowest BCUT2D eigenvalue weighted by atomic mass is 9.94. The van der Waals surface area contributed by atoms with Crippen molar-refractivity contribution in [2.75, 3.05) is 5.32 Å². The molecule has 2 aromatic rings. The van der Waals surface area contributed by atoms with Crippen LogP contribution in [0.15, 0.2) is 18.2 Å². The molecule has 1 amide bonds. The van der Waals surface area contributed by atoms with Crippen LogP contribution in [0.1, 0.15) is 67.1 Å². The second-order valence-electron chi connectivity index (χ2n) is 5.85. The van der Waals surface area contributed by atoms with E-state index >= 15 is 0 Å². The molecule has 0 saturated carbocycles. The highest BCUT2D eigenvalue weighted by Gasteiger charge is 2.15. The van der Waals surface area contributed by atoms with E-state index in [1.54, 1.807) is 6.92 Å². The molecule has 0 aliphatic heterocycles. The Balaban J connectivity index is 2.29. The van der Waals surface area contributed by atoms with Crippen LogP contribution in [-0.4, -0.2) is 21.1 Å². The monoisotopic (exact) mass is 286 g/mol. The van der Waals surface area contributed by atoms with Crippen molar-refractivity contribution in [3.8, 4) is 0 Å². The Hall–Kier alpha value is -2.17. The van der Waals surface area contributed by atoms with Crippen molar-refractivity contribution in [1.82, 2.24) is 15.2 Å². The van der Waals surface area contributed by atoms with Gasteiger partial charge in [0.15, 0.2) is 0 Å². The molecule has 0 bridgehead atoms. The fourth-order valence-corrected chi connectivity index (χ4v) is 2.15. The van der Waals surface area contributed by atoms with Gasteiger partial charge in [0.05, 0.1) is 0 Å². The van der Waals surface area contributed by atoms with Crippen LogP contribution in [0, 0.1) is 6.92 Å². The number of carbonyl (C=O) groups excluding carboxylic acids is 1. The lowest BCUT2D eigenvalue weighted by Gasteiger charge is -2.16. The Kier molecular flexibility index (Phi) is 4.40. The minimum absolute atomic E-state index is 0.162. The Bertz CT molecular complexity index is 643. The summed E-state index contributed by atoms with van der Waals surface area (Å²) < 4.78 is 0. The first-order valence-electron chi connectivity index (χ1n) is 7.22. The van der Waals surface area contributed by atoms with Crippen molar-refractivity contribution in [2.45, 2.75) is 46.5 Å². The standard InChI is InChI=1S/C16H22N4O/c1-9(2)12-6-7-14(13(8-12)10(3)4)18-16(21)15-17-11(5)19-20-15/h6-10H,1-5H3,(H,18,21)(H,17,19,20). The van der Waals surface area contributed by atoms with E-state index in [2.05, 4.69) is 60.3 Å². The molecule has 2 N–H and O–H groups in total. The van der Waals surface area contributed by atoms with Crippen LogP contribution in [0.2, 0.25) is 0 Å². The molecule has 0 aliphatic carbocycles. The molecule has 0 unspecified atom stereocenters. The van der Waals surface area contributed by atoms with E-state index in [1.807, 2.05) is 6.07 Å². The number of benzene rings is 1. The van der Waals surface area contributed by atoms with E-state index in [0.717, 1.165) is 11.3 Å². The number of nitrogens with zero attached hydrogens (tertiary/aromatic N) is 2. The summed E-state index contributed by atoms with van der Waals surface area (Å²) in [5.41, 5.74) is 3.22. The van der Waals surface area contributed by atoms with Crippen molar-refractivity contribution in [3.05, 3.63) is 41.0 Å². The Morgan fingerprint density at radius 2 is 1.90 bits per heavy atom. The predicted octanol–water partition coefficient (Wildman–Crippen LogP) is 3.61. The Morgan fingerprint density at radius 1 is 1.19 bits per heavy atom. The molecule has 0 spiro atoms. The highest BCUT2D eigenvalue weighted by molar-refractivity contribution is 6.02. The number of aromatic amines is 1. The van der Waals surface area contributed by atoms with Crippen molar-refractivity contribution in [1.29, 1.82) is 0 Å². The minimum Gasteiger partial charge on any atom is -0.319 e. The minimum atomic E-state index is -0.293. The van der Waals surface area contributed by atoms with Gasteiger partial charge < -0.3 is 5.32 Å². The van der Waals surface area contributed by atoms with Gasteiger partial charge in [0.1, 0.15) is 5.82 Å². The van der Waals surface area contributed by atoms with E-state index in [4.69, 9.17) is 0 Å². The summed E-state index contributed by atoms with van der Waals surface area (Å²) in [4.78, 5) is 16.2. The average Bonchev–Trinajstić information content (AvgIpc) is 2.85. The van der Waals surface area contributed by atoms with Crippen molar-refractivity contribution < 1.29 is 4.79 Å². The molecular weight excluding hydrogens is 264 g/mol. The summed E-state index contributed by atoms with van der Waals surface area (Å²) in [7, 11) is 0. The first-order chi connectivity index (χ1) is 9.88. The zero-order valence-electron chi connectivity index (χ0n) is 13.2. The molecule has 0 atom stereocenters. The maximum absolute atomic E-state index is 12.2. The lowest BCUT2D eigenvalue weighted by Crippen LogP contribution is -2.15.